The molecule has 0 aliphatic heterocycles. The van der Waals surface area contributed by atoms with E-state index in [0.29, 0.717) is 21.1 Å². The Morgan fingerprint density at radius 2 is 1.79 bits per heavy atom. The van der Waals surface area contributed by atoms with Crippen LogP contribution >= 0.6 is 11.3 Å². The van der Waals surface area contributed by atoms with Crippen molar-refractivity contribution in [2.45, 2.75) is 0 Å². The van der Waals surface area contributed by atoms with Crippen molar-refractivity contribution in [2.24, 2.45) is 0 Å². The molecule has 0 saturated heterocycles. The van der Waals surface area contributed by atoms with E-state index in [4.69, 9.17) is 0 Å². The van der Waals surface area contributed by atoms with E-state index in [1.54, 1.807) is 12.1 Å². The second kappa shape index (κ2) is 5.57. The number of aromatic nitrogens is 2. The molecule has 2 heterocycles. The number of rotatable bonds is 3. The molecule has 0 radical (unpaired) electrons. The van der Waals surface area contributed by atoms with E-state index in [-0.39, 0.29) is 0 Å². The lowest BCUT2D eigenvalue weighted by Crippen LogP contribution is -2.01. The van der Waals surface area contributed by atoms with Crippen LogP contribution in [-0.2, 0) is 9.47 Å². The summed E-state index contributed by atoms with van der Waals surface area (Å²) in [7, 11) is 2.62. The lowest BCUT2D eigenvalue weighted by Gasteiger charge is -1.99. The SMILES string of the molecule is COC(=O)c1ccc(-c2ncc(C(=O)OC)s2)nc1. The molecule has 0 N–H and O–H groups in total. The van der Waals surface area contributed by atoms with E-state index < -0.39 is 11.9 Å². The van der Waals surface area contributed by atoms with Crippen LogP contribution in [0.4, 0.5) is 0 Å². The Bertz CT molecular complexity index is 606. The highest BCUT2D eigenvalue weighted by Crippen LogP contribution is 2.24. The van der Waals surface area contributed by atoms with Crippen molar-refractivity contribution < 1.29 is 19.1 Å². The summed E-state index contributed by atoms with van der Waals surface area (Å²) in [5.41, 5.74) is 0.934. The van der Waals surface area contributed by atoms with Gasteiger partial charge in [0.2, 0.25) is 0 Å². The summed E-state index contributed by atoms with van der Waals surface area (Å²) in [5, 5.41) is 0.580. The molecule has 2 aromatic rings. The highest BCUT2D eigenvalue weighted by atomic mass is 32.1. The third-order valence-corrected chi connectivity index (χ3v) is 3.30. The molecule has 0 aliphatic rings. The highest BCUT2D eigenvalue weighted by Gasteiger charge is 2.13. The minimum absolute atomic E-state index is 0.357. The van der Waals surface area contributed by atoms with Gasteiger partial charge < -0.3 is 9.47 Å². The number of ether oxygens (including phenoxy) is 2. The summed E-state index contributed by atoms with van der Waals surface area (Å²) in [5.74, 6) is -0.886. The fourth-order valence-electron chi connectivity index (χ4n) is 1.35. The van der Waals surface area contributed by atoms with E-state index in [1.807, 2.05) is 0 Å². The molecule has 98 valence electrons. The van der Waals surface area contributed by atoms with Crippen LogP contribution in [-0.4, -0.2) is 36.1 Å². The Morgan fingerprint density at radius 1 is 1.05 bits per heavy atom. The van der Waals surface area contributed by atoms with Gasteiger partial charge in [-0.25, -0.2) is 14.6 Å². The fraction of sp³-hybridized carbons (Fsp3) is 0.167. The minimum Gasteiger partial charge on any atom is -0.465 e. The van der Waals surface area contributed by atoms with Gasteiger partial charge in [-0.3, -0.25) is 4.98 Å². The van der Waals surface area contributed by atoms with Crippen LogP contribution in [0.25, 0.3) is 10.7 Å². The van der Waals surface area contributed by atoms with Crippen LogP contribution in [0, 0.1) is 0 Å². The van der Waals surface area contributed by atoms with Gasteiger partial charge in [0.05, 0.1) is 31.7 Å². The van der Waals surface area contributed by atoms with Crippen molar-refractivity contribution in [3.63, 3.8) is 0 Å². The molecular formula is C12H10N2O4S. The first-order valence-electron chi connectivity index (χ1n) is 5.24. The summed E-state index contributed by atoms with van der Waals surface area (Å²) in [6.07, 6.45) is 2.84. The van der Waals surface area contributed by atoms with Crippen molar-refractivity contribution in [3.05, 3.63) is 35.0 Å². The quantitative estimate of drug-likeness (QED) is 0.796. The van der Waals surface area contributed by atoms with E-state index >= 15 is 0 Å². The van der Waals surface area contributed by atoms with Crippen LogP contribution in [0.5, 0.6) is 0 Å². The van der Waals surface area contributed by atoms with Gasteiger partial charge in [-0.15, -0.1) is 11.3 Å². The summed E-state index contributed by atoms with van der Waals surface area (Å²) in [6, 6.07) is 3.24. The van der Waals surface area contributed by atoms with Gasteiger partial charge in [0.25, 0.3) is 0 Å². The maximum absolute atomic E-state index is 11.3. The van der Waals surface area contributed by atoms with Crippen LogP contribution in [0.1, 0.15) is 20.0 Å². The average molecular weight is 278 g/mol. The van der Waals surface area contributed by atoms with Gasteiger partial charge in [0.1, 0.15) is 9.88 Å². The Morgan fingerprint density at radius 3 is 2.37 bits per heavy atom. The van der Waals surface area contributed by atoms with Crippen LogP contribution in [0.3, 0.4) is 0 Å². The van der Waals surface area contributed by atoms with Crippen molar-refractivity contribution >= 4 is 23.3 Å². The molecule has 0 unspecified atom stereocenters. The van der Waals surface area contributed by atoms with E-state index in [2.05, 4.69) is 19.4 Å². The summed E-state index contributed by atoms with van der Waals surface area (Å²) < 4.78 is 9.18. The first-order chi connectivity index (χ1) is 9.15. The molecule has 0 amide bonds. The van der Waals surface area contributed by atoms with E-state index in [0.717, 1.165) is 0 Å². The topological polar surface area (TPSA) is 78.4 Å². The number of pyridine rings is 1. The van der Waals surface area contributed by atoms with Crippen molar-refractivity contribution in [3.8, 4) is 10.7 Å². The number of hydrogen-bond donors (Lipinski definition) is 0. The van der Waals surface area contributed by atoms with Crippen molar-refractivity contribution in [2.75, 3.05) is 14.2 Å². The van der Waals surface area contributed by atoms with Gasteiger partial charge in [-0.1, -0.05) is 0 Å². The third kappa shape index (κ3) is 2.76. The van der Waals surface area contributed by atoms with Gasteiger partial charge in [0, 0.05) is 6.20 Å². The summed E-state index contributed by atoms with van der Waals surface area (Å²) in [6.45, 7) is 0. The van der Waals surface area contributed by atoms with Gasteiger partial charge in [-0.2, -0.15) is 0 Å². The summed E-state index contributed by atoms with van der Waals surface area (Å²) in [4.78, 5) is 31.2. The Hall–Kier alpha value is -2.28. The zero-order valence-electron chi connectivity index (χ0n) is 10.2. The molecule has 0 atom stereocenters. The van der Waals surface area contributed by atoms with Gasteiger partial charge in [0.15, 0.2) is 0 Å². The highest BCUT2D eigenvalue weighted by molar-refractivity contribution is 7.16. The molecule has 19 heavy (non-hydrogen) atoms. The average Bonchev–Trinajstić information content (AvgIpc) is 2.95. The van der Waals surface area contributed by atoms with Crippen LogP contribution < -0.4 is 0 Å². The minimum atomic E-state index is -0.451. The molecule has 2 rings (SSSR count). The van der Waals surface area contributed by atoms with Crippen molar-refractivity contribution in [1.82, 2.24) is 9.97 Å². The Balaban J connectivity index is 2.25. The molecule has 0 aromatic carbocycles. The Kier molecular flexibility index (Phi) is 3.86. The first-order valence-corrected chi connectivity index (χ1v) is 6.06. The zero-order valence-corrected chi connectivity index (χ0v) is 11.1. The number of esters is 2. The second-order valence-corrected chi connectivity index (χ2v) is 4.48. The monoisotopic (exact) mass is 278 g/mol. The van der Waals surface area contributed by atoms with E-state index in [1.165, 1.54) is 38.0 Å². The third-order valence-electron chi connectivity index (χ3n) is 2.30. The number of carbonyl (C=O) groups is 2. The number of nitrogens with zero attached hydrogens (tertiary/aromatic N) is 2. The Labute approximate surface area is 113 Å². The maximum atomic E-state index is 11.3. The largest absolute Gasteiger partial charge is 0.465 e. The number of thiazole rings is 1. The van der Waals surface area contributed by atoms with Gasteiger partial charge in [-0.05, 0) is 12.1 Å². The molecule has 6 nitrogen and oxygen atoms in total. The maximum Gasteiger partial charge on any atom is 0.349 e. The first kappa shape index (κ1) is 13.2. The lowest BCUT2D eigenvalue weighted by atomic mass is 10.2. The molecule has 0 bridgehead atoms. The number of methoxy groups -OCH3 is 2. The molecule has 0 fully saturated rings. The number of carbonyl (C=O) groups excluding carboxylic acids is 2. The molecule has 7 heteroatoms. The predicted molar refractivity (Wildman–Crippen MR) is 68.0 cm³/mol. The van der Waals surface area contributed by atoms with Crippen LogP contribution in [0.2, 0.25) is 0 Å². The number of hydrogen-bond acceptors (Lipinski definition) is 7. The van der Waals surface area contributed by atoms with Gasteiger partial charge >= 0.3 is 11.9 Å². The normalized spacial score (nSPS) is 10.0. The molecule has 0 aliphatic carbocycles. The van der Waals surface area contributed by atoms with Crippen molar-refractivity contribution in [1.29, 1.82) is 0 Å². The molecule has 0 saturated carbocycles. The summed E-state index contributed by atoms with van der Waals surface area (Å²) >= 11 is 1.17. The fourth-order valence-corrected chi connectivity index (χ4v) is 2.16. The molecule has 0 spiro atoms. The molecule has 2 aromatic heterocycles. The smallest absolute Gasteiger partial charge is 0.349 e. The zero-order chi connectivity index (χ0) is 13.8. The second-order valence-electron chi connectivity index (χ2n) is 3.44. The van der Waals surface area contributed by atoms with E-state index in [9.17, 15) is 9.59 Å². The predicted octanol–water partition coefficient (Wildman–Crippen LogP) is 1.78. The van der Waals surface area contributed by atoms with Crippen LogP contribution in [0.15, 0.2) is 24.5 Å². The standard InChI is InChI=1S/C12H10N2O4S/c1-17-11(15)7-3-4-8(13-5-7)10-14-6-9(19-10)12(16)18-2/h3-6H,1-2H3. The lowest BCUT2D eigenvalue weighted by molar-refractivity contribution is 0.0593. The molecular weight excluding hydrogens is 268 g/mol.